The summed E-state index contributed by atoms with van der Waals surface area (Å²) in [5, 5.41) is 8.47. The lowest BCUT2D eigenvalue weighted by Crippen LogP contribution is -2.28. The summed E-state index contributed by atoms with van der Waals surface area (Å²) in [5.41, 5.74) is -0.444. The van der Waals surface area contributed by atoms with E-state index >= 15 is 0 Å². The van der Waals surface area contributed by atoms with Crippen molar-refractivity contribution in [3.63, 3.8) is 0 Å². The van der Waals surface area contributed by atoms with Crippen LogP contribution in [0.5, 0.6) is 5.75 Å². The predicted octanol–water partition coefficient (Wildman–Crippen LogP) is 2.73. The summed E-state index contributed by atoms with van der Waals surface area (Å²) in [6, 6.07) is 1.69. The molecule has 10 heteroatoms. The van der Waals surface area contributed by atoms with Crippen molar-refractivity contribution >= 4 is 11.7 Å². The molecule has 2 aromatic rings. The van der Waals surface area contributed by atoms with Crippen LogP contribution in [0.1, 0.15) is 17.1 Å². The highest BCUT2D eigenvalue weighted by atomic mass is 19.4. The average molecular weight is 330 g/mol. The van der Waals surface area contributed by atoms with Crippen LogP contribution < -0.4 is 15.4 Å². The molecular weight excluding hydrogens is 317 g/mol. The highest BCUT2D eigenvalue weighted by molar-refractivity contribution is 5.90. The topological polar surface area (TPSA) is 89.3 Å². The van der Waals surface area contributed by atoms with Crippen molar-refractivity contribution in [2.24, 2.45) is 0 Å². The van der Waals surface area contributed by atoms with Crippen molar-refractivity contribution in [2.45, 2.75) is 19.6 Å². The molecule has 2 aromatic heterocycles. The molecule has 0 aromatic carbocycles. The molecule has 0 fully saturated rings. The van der Waals surface area contributed by atoms with Gasteiger partial charge in [-0.05, 0) is 6.92 Å². The van der Waals surface area contributed by atoms with Crippen LogP contribution >= 0.6 is 0 Å². The first-order valence-corrected chi connectivity index (χ1v) is 6.38. The van der Waals surface area contributed by atoms with Crippen molar-refractivity contribution in [2.75, 3.05) is 12.4 Å². The first kappa shape index (κ1) is 16.6. The molecule has 0 bridgehead atoms. The van der Waals surface area contributed by atoms with E-state index < -0.39 is 17.9 Å². The molecule has 2 rings (SSSR count). The normalized spacial score (nSPS) is 11.2. The lowest BCUT2D eigenvalue weighted by molar-refractivity contribution is -0.141. The van der Waals surface area contributed by atoms with Crippen molar-refractivity contribution in [3.8, 4) is 5.75 Å². The quantitative estimate of drug-likeness (QED) is 0.900. The number of halogens is 3. The highest BCUT2D eigenvalue weighted by Gasteiger charge is 2.33. The Bertz CT molecular complexity index is 700. The Hall–Kier alpha value is -2.78. The van der Waals surface area contributed by atoms with Gasteiger partial charge < -0.3 is 19.9 Å². The lowest BCUT2D eigenvalue weighted by atomic mass is 10.3. The van der Waals surface area contributed by atoms with Crippen molar-refractivity contribution in [3.05, 3.63) is 35.5 Å². The summed E-state index contributed by atoms with van der Waals surface area (Å²) in [6.45, 7) is 1.80. The molecule has 7 nitrogen and oxygen atoms in total. The van der Waals surface area contributed by atoms with Gasteiger partial charge in [0.25, 0.3) is 0 Å². The van der Waals surface area contributed by atoms with Gasteiger partial charge >= 0.3 is 12.2 Å². The second-order valence-electron chi connectivity index (χ2n) is 4.51. The molecule has 0 radical (unpaired) electrons. The SMILES string of the molecule is COc1cc(C(F)(F)F)ncc1NC(=O)NCc1cc(C)no1. The summed E-state index contributed by atoms with van der Waals surface area (Å²) in [4.78, 5) is 15.0. The van der Waals surface area contributed by atoms with Crippen molar-refractivity contribution < 1.29 is 27.2 Å². The third-order valence-electron chi connectivity index (χ3n) is 2.72. The number of hydrogen-bond acceptors (Lipinski definition) is 5. The van der Waals surface area contributed by atoms with E-state index in [0.29, 0.717) is 17.5 Å². The number of aryl methyl sites for hydroxylation is 1. The summed E-state index contributed by atoms with van der Waals surface area (Å²) in [5.74, 6) is 0.285. The van der Waals surface area contributed by atoms with E-state index in [1.165, 1.54) is 7.11 Å². The number of aromatic nitrogens is 2. The predicted molar refractivity (Wildman–Crippen MR) is 72.9 cm³/mol. The molecule has 0 aliphatic rings. The summed E-state index contributed by atoms with van der Waals surface area (Å²) >= 11 is 0. The number of rotatable bonds is 4. The molecule has 0 aliphatic heterocycles. The van der Waals surface area contributed by atoms with Gasteiger partial charge in [-0.25, -0.2) is 9.78 Å². The maximum atomic E-state index is 12.6. The van der Waals surface area contributed by atoms with Gasteiger partial charge in [-0.2, -0.15) is 13.2 Å². The number of hydrogen-bond donors (Lipinski definition) is 2. The molecule has 2 heterocycles. The maximum absolute atomic E-state index is 12.6. The number of ether oxygens (including phenoxy) is 1. The maximum Gasteiger partial charge on any atom is 0.433 e. The smallest absolute Gasteiger partial charge is 0.433 e. The van der Waals surface area contributed by atoms with Gasteiger partial charge in [-0.1, -0.05) is 5.16 Å². The van der Waals surface area contributed by atoms with Gasteiger partial charge in [-0.15, -0.1) is 0 Å². The molecule has 0 unspecified atom stereocenters. The number of carbonyl (C=O) groups excluding carboxylic acids is 1. The minimum Gasteiger partial charge on any atom is -0.494 e. The van der Waals surface area contributed by atoms with Crippen LogP contribution in [0.25, 0.3) is 0 Å². The molecule has 124 valence electrons. The molecule has 0 aliphatic carbocycles. The van der Waals surface area contributed by atoms with Gasteiger partial charge in [-0.3, -0.25) is 0 Å². The first-order chi connectivity index (χ1) is 10.8. The van der Waals surface area contributed by atoms with E-state index in [2.05, 4.69) is 20.8 Å². The number of urea groups is 1. The van der Waals surface area contributed by atoms with E-state index in [1.54, 1.807) is 13.0 Å². The van der Waals surface area contributed by atoms with Crippen LogP contribution in [0.3, 0.4) is 0 Å². The van der Waals surface area contributed by atoms with Crippen LogP contribution in [-0.4, -0.2) is 23.3 Å². The number of alkyl halides is 3. The van der Waals surface area contributed by atoms with E-state index in [4.69, 9.17) is 9.26 Å². The fourth-order valence-corrected chi connectivity index (χ4v) is 1.69. The van der Waals surface area contributed by atoms with Gasteiger partial charge in [0.1, 0.15) is 17.1 Å². The third kappa shape index (κ3) is 4.34. The number of carbonyl (C=O) groups is 1. The molecule has 0 atom stereocenters. The zero-order valence-corrected chi connectivity index (χ0v) is 12.2. The Balaban J connectivity index is 2.02. The Morgan fingerprint density at radius 2 is 2.13 bits per heavy atom. The van der Waals surface area contributed by atoms with E-state index in [-0.39, 0.29) is 18.0 Å². The summed E-state index contributed by atoms with van der Waals surface area (Å²) < 4.78 is 47.5. The fourth-order valence-electron chi connectivity index (χ4n) is 1.69. The number of anilines is 1. The Labute approximate surface area is 128 Å². The van der Waals surface area contributed by atoms with Crippen molar-refractivity contribution in [1.29, 1.82) is 0 Å². The Morgan fingerprint density at radius 3 is 2.70 bits per heavy atom. The zero-order chi connectivity index (χ0) is 17.0. The lowest BCUT2D eigenvalue weighted by Gasteiger charge is -2.12. The highest BCUT2D eigenvalue weighted by Crippen LogP contribution is 2.33. The molecule has 2 N–H and O–H groups in total. The Kier molecular flexibility index (Phi) is 4.72. The number of methoxy groups -OCH3 is 1. The van der Waals surface area contributed by atoms with Crippen LogP contribution in [0, 0.1) is 6.92 Å². The molecule has 2 amide bonds. The van der Waals surface area contributed by atoms with Gasteiger partial charge in [0.2, 0.25) is 0 Å². The van der Waals surface area contributed by atoms with E-state index in [1.807, 2.05) is 0 Å². The largest absolute Gasteiger partial charge is 0.494 e. The molecule has 0 spiro atoms. The van der Waals surface area contributed by atoms with Crippen LogP contribution in [0.15, 0.2) is 22.9 Å². The second-order valence-corrected chi connectivity index (χ2v) is 4.51. The van der Waals surface area contributed by atoms with E-state index in [0.717, 1.165) is 6.20 Å². The minimum atomic E-state index is -4.60. The Morgan fingerprint density at radius 1 is 1.39 bits per heavy atom. The van der Waals surface area contributed by atoms with Gasteiger partial charge in [0.05, 0.1) is 25.5 Å². The standard InChI is InChI=1S/C13H13F3N4O3/c1-7-3-8(23-20-7)5-18-12(21)19-9-6-17-11(13(14,15)16)4-10(9)22-2/h3-4,6H,5H2,1-2H3,(H2,18,19,21). The number of nitrogens with one attached hydrogen (secondary N) is 2. The average Bonchev–Trinajstić information content (AvgIpc) is 2.90. The van der Waals surface area contributed by atoms with Crippen LogP contribution in [0.4, 0.5) is 23.7 Å². The van der Waals surface area contributed by atoms with Crippen LogP contribution in [0.2, 0.25) is 0 Å². The monoisotopic (exact) mass is 330 g/mol. The minimum absolute atomic E-state index is 0.00625. The molecule has 0 saturated heterocycles. The third-order valence-corrected chi connectivity index (χ3v) is 2.72. The summed E-state index contributed by atoms with van der Waals surface area (Å²) in [7, 11) is 1.19. The zero-order valence-electron chi connectivity index (χ0n) is 12.2. The first-order valence-electron chi connectivity index (χ1n) is 6.38. The molecular formula is C13H13F3N4O3. The summed E-state index contributed by atoms with van der Waals surface area (Å²) in [6.07, 6.45) is -3.72. The van der Waals surface area contributed by atoms with Crippen molar-refractivity contribution in [1.82, 2.24) is 15.5 Å². The van der Waals surface area contributed by atoms with E-state index in [9.17, 15) is 18.0 Å². The molecule has 23 heavy (non-hydrogen) atoms. The number of pyridine rings is 1. The number of amides is 2. The second kappa shape index (κ2) is 6.55. The van der Waals surface area contributed by atoms with Gasteiger partial charge in [0.15, 0.2) is 5.76 Å². The van der Waals surface area contributed by atoms with Gasteiger partial charge in [0, 0.05) is 12.1 Å². The molecule has 0 saturated carbocycles. The van der Waals surface area contributed by atoms with Crippen LogP contribution in [-0.2, 0) is 12.7 Å². The fraction of sp³-hybridized carbons (Fsp3) is 0.308. The number of nitrogens with zero attached hydrogens (tertiary/aromatic N) is 2.